The Labute approximate surface area is 87.7 Å². The summed E-state index contributed by atoms with van der Waals surface area (Å²) in [5.41, 5.74) is 0.939. The van der Waals surface area contributed by atoms with E-state index in [4.69, 9.17) is 0 Å². The lowest BCUT2D eigenvalue weighted by atomic mass is 10.2. The fourth-order valence-electron chi connectivity index (χ4n) is 1.05. The van der Waals surface area contributed by atoms with Crippen LogP contribution >= 0.6 is 11.3 Å². The van der Waals surface area contributed by atoms with E-state index in [1.54, 1.807) is 0 Å². The van der Waals surface area contributed by atoms with Crippen molar-refractivity contribution < 1.29 is 8.76 Å². The molecule has 0 aliphatic carbocycles. The fraction of sp³-hybridized carbons (Fsp3) is 0. The van der Waals surface area contributed by atoms with Gasteiger partial charge in [-0.15, -0.1) is 11.3 Å². The van der Waals surface area contributed by atoms with Crippen molar-refractivity contribution in [3.63, 3.8) is 0 Å². The maximum absolute atomic E-state index is 10.6. The number of nitrogens with zero attached hydrogens (tertiary/aromatic N) is 1. The van der Waals surface area contributed by atoms with E-state index in [9.17, 15) is 8.76 Å². The topological polar surface area (TPSA) is 53.0 Å². The molecule has 72 valence electrons. The summed E-state index contributed by atoms with van der Waals surface area (Å²) in [5.74, 6) is 0. The summed E-state index contributed by atoms with van der Waals surface area (Å²) in [5, 5.41) is 0.727. The Bertz CT molecular complexity index is 453. The van der Waals surface area contributed by atoms with Crippen molar-refractivity contribution in [2.24, 2.45) is 0 Å². The third-order valence-electron chi connectivity index (χ3n) is 1.67. The molecule has 2 aromatic rings. The molecule has 0 N–H and O–H groups in total. The predicted molar refractivity (Wildman–Crippen MR) is 54.7 cm³/mol. The molecule has 1 aromatic carbocycles. The first kappa shape index (κ1) is 9.51. The molecular weight excluding hydrogens is 218 g/mol. The predicted octanol–water partition coefficient (Wildman–Crippen LogP) is 2.05. The Balaban J connectivity index is 2.39. The molecule has 0 spiro atoms. The van der Waals surface area contributed by atoms with Gasteiger partial charge in [0.2, 0.25) is 0 Å². The van der Waals surface area contributed by atoms with Crippen LogP contribution in [0.15, 0.2) is 40.7 Å². The van der Waals surface area contributed by atoms with Crippen molar-refractivity contribution in [1.82, 2.24) is 4.98 Å². The van der Waals surface area contributed by atoms with Gasteiger partial charge in [-0.25, -0.2) is 4.98 Å². The summed E-state index contributed by atoms with van der Waals surface area (Å²) < 4.78 is 21.5. The summed E-state index contributed by atoms with van der Waals surface area (Å²) in [6, 6.07) is 9.49. The van der Waals surface area contributed by atoms with Gasteiger partial charge in [-0.05, 0) is 11.1 Å². The lowest BCUT2D eigenvalue weighted by Gasteiger charge is -1.97. The minimum atomic E-state index is -2.18. The second-order valence-electron chi connectivity index (χ2n) is 2.59. The highest BCUT2D eigenvalue weighted by Crippen LogP contribution is 2.25. The maximum Gasteiger partial charge on any atom is 0.124 e. The first-order chi connectivity index (χ1) is 6.77. The van der Waals surface area contributed by atoms with Crippen LogP contribution in [-0.2, 0) is 11.1 Å². The molecule has 1 unspecified atom stereocenters. The van der Waals surface area contributed by atoms with Crippen molar-refractivity contribution in [2.45, 2.75) is 4.21 Å². The van der Waals surface area contributed by atoms with Crippen LogP contribution in [0.4, 0.5) is 0 Å². The van der Waals surface area contributed by atoms with Crippen LogP contribution < -0.4 is 0 Å². The van der Waals surface area contributed by atoms with Gasteiger partial charge < -0.3 is 4.55 Å². The third-order valence-corrected chi connectivity index (χ3v) is 3.60. The van der Waals surface area contributed by atoms with Crippen LogP contribution in [0.2, 0.25) is 0 Å². The zero-order valence-corrected chi connectivity index (χ0v) is 8.68. The van der Waals surface area contributed by atoms with E-state index < -0.39 is 11.1 Å². The molecule has 0 saturated heterocycles. The van der Waals surface area contributed by atoms with Crippen LogP contribution in [0.1, 0.15) is 0 Å². The highest BCUT2D eigenvalue weighted by atomic mass is 32.2. The Morgan fingerprint density at radius 2 is 2.00 bits per heavy atom. The maximum atomic E-state index is 10.6. The minimum Gasteiger partial charge on any atom is -0.768 e. The molecule has 1 heterocycles. The quantitative estimate of drug-likeness (QED) is 0.733. The van der Waals surface area contributed by atoms with Crippen LogP contribution in [0.25, 0.3) is 10.6 Å². The van der Waals surface area contributed by atoms with E-state index in [-0.39, 0.29) is 4.21 Å². The van der Waals surface area contributed by atoms with Gasteiger partial charge in [0.1, 0.15) is 5.01 Å². The van der Waals surface area contributed by atoms with E-state index in [0.29, 0.717) is 0 Å². The third kappa shape index (κ3) is 1.89. The van der Waals surface area contributed by atoms with Crippen LogP contribution in [0.3, 0.4) is 0 Å². The van der Waals surface area contributed by atoms with E-state index in [0.717, 1.165) is 10.6 Å². The van der Waals surface area contributed by atoms with Gasteiger partial charge in [-0.2, -0.15) is 0 Å². The van der Waals surface area contributed by atoms with Gasteiger partial charge in [0, 0.05) is 5.56 Å². The number of hydrogen-bond acceptors (Lipinski definition) is 4. The van der Waals surface area contributed by atoms with Crippen LogP contribution in [0.5, 0.6) is 0 Å². The number of benzene rings is 1. The van der Waals surface area contributed by atoms with Crippen molar-refractivity contribution in [3.05, 3.63) is 36.5 Å². The number of thiazole rings is 1. The summed E-state index contributed by atoms with van der Waals surface area (Å²) in [6.07, 6.45) is 1.37. The van der Waals surface area contributed by atoms with Gasteiger partial charge in [-0.1, -0.05) is 30.3 Å². The molecule has 0 radical (unpaired) electrons. The Morgan fingerprint density at radius 3 is 2.57 bits per heavy atom. The summed E-state index contributed by atoms with van der Waals surface area (Å²) >= 11 is -1.01. The molecule has 0 fully saturated rings. The number of hydrogen-bond donors (Lipinski definition) is 0. The zero-order valence-electron chi connectivity index (χ0n) is 7.04. The largest absolute Gasteiger partial charge is 0.768 e. The van der Waals surface area contributed by atoms with Crippen LogP contribution in [0, 0.1) is 0 Å². The SMILES string of the molecule is O=S([O-])c1cnc(-c2ccccc2)s1. The van der Waals surface area contributed by atoms with Gasteiger partial charge in [-0.3, -0.25) is 4.21 Å². The summed E-state index contributed by atoms with van der Waals surface area (Å²) in [7, 11) is 0. The van der Waals surface area contributed by atoms with E-state index >= 15 is 0 Å². The second-order valence-corrected chi connectivity index (χ2v) is 4.78. The highest BCUT2D eigenvalue weighted by Gasteiger charge is 2.03. The summed E-state index contributed by atoms with van der Waals surface area (Å²) in [4.78, 5) is 4.03. The van der Waals surface area contributed by atoms with Crippen molar-refractivity contribution in [2.75, 3.05) is 0 Å². The first-order valence-electron chi connectivity index (χ1n) is 3.88. The monoisotopic (exact) mass is 224 g/mol. The molecule has 1 aromatic heterocycles. The average Bonchev–Trinajstić information content (AvgIpc) is 2.68. The van der Waals surface area contributed by atoms with Crippen molar-refractivity contribution in [1.29, 1.82) is 0 Å². The normalized spacial score (nSPS) is 12.6. The van der Waals surface area contributed by atoms with Crippen molar-refractivity contribution in [3.8, 4) is 10.6 Å². The van der Waals surface area contributed by atoms with Gasteiger partial charge in [0.25, 0.3) is 0 Å². The van der Waals surface area contributed by atoms with Gasteiger partial charge in [0.05, 0.1) is 10.4 Å². The van der Waals surface area contributed by atoms with E-state index in [1.807, 2.05) is 30.3 Å². The fourth-order valence-corrected chi connectivity index (χ4v) is 2.35. The van der Waals surface area contributed by atoms with Gasteiger partial charge >= 0.3 is 0 Å². The smallest absolute Gasteiger partial charge is 0.124 e. The molecule has 1 atom stereocenters. The molecule has 0 saturated carbocycles. The van der Waals surface area contributed by atoms with Crippen LogP contribution in [-0.4, -0.2) is 13.7 Å². The second kappa shape index (κ2) is 4.00. The highest BCUT2D eigenvalue weighted by molar-refractivity contribution is 7.81. The number of rotatable bonds is 2. The first-order valence-corrected chi connectivity index (χ1v) is 5.77. The minimum absolute atomic E-state index is 0.267. The Kier molecular flexibility index (Phi) is 2.72. The number of aromatic nitrogens is 1. The molecule has 0 bridgehead atoms. The molecular formula is C9H6NO2S2-. The molecule has 0 aliphatic heterocycles. The Morgan fingerprint density at radius 1 is 1.29 bits per heavy atom. The average molecular weight is 224 g/mol. The van der Waals surface area contributed by atoms with E-state index in [2.05, 4.69) is 4.98 Å². The molecule has 2 rings (SSSR count). The summed E-state index contributed by atoms with van der Waals surface area (Å²) in [6.45, 7) is 0. The molecule has 0 aliphatic rings. The molecule has 0 amide bonds. The standard InChI is InChI=1S/C9H7NO2S2/c11-14(12)8-6-10-9(13-8)7-4-2-1-3-5-7/h1-6H,(H,11,12)/p-1. The molecule has 3 nitrogen and oxygen atoms in total. The lowest BCUT2D eigenvalue weighted by molar-refractivity contribution is 0.539. The molecule has 14 heavy (non-hydrogen) atoms. The molecule has 5 heteroatoms. The van der Waals surface area contributed by atoms with Gasteiger partial charge in [0.15, 0.2) is 0 Å². The lowest BCUT2D eigenvalue weighted by Crippen LogP contribution is -1.80. The van der Waals surface area contributed by atoms with Crippen molar-refractivity contribution >= 4 is 22.4 Å². The van der Waals surface area contributed by atoms with E-state index in [1.165, 1.54) is 17.5 Å². The Hall–Kier alpha value is -1.04. The zero-order chi connectivity index (χ0) is 9.97.